The lowest BCUT2D eigenvalue weighted by atomic mass is 10.2. The van der Waals surface area contributed by atoms with Crippen LogP contribution in [0.5, 0.6) is 0 Å². The van der Waals surface area contributed by atoms with E-state index in [1.54, 1.807) is 17.0 Å². The van der Waals surface area contributed by atoms with Crippen molar-refractivity contribution in [3.05, 3.63) is 138 Å². The minimum absolute atomic E-state index is 0. The second-order valence-electron chi connectivity index (χ2n) is 9.00. The maximum Gasteiger partial charge on any atom is 0.274 e. The van der Waals surface area contributed by atoms with Crippen LogP contribution in [0, 0.1) is 0 Å². The Bertz CT molecular complexity index is 1300. The van der Waals surface area contributed by atoms with Gasteiger partial charge in [0, 0.05) is 18.7 Å². The predicted molar refractivity (Wildman–Crippen MR) is 162 cm³/mol. The smallest absolute Gasteiger partial charge is 0.274 e. The molecule has 0 aliphatic carbocycles. The van der Waals surface area contributed by atoms with Crippen molar-refractivity contribution in [3.63, 3.8) is 0 Å². The fourth-order valence-electron chi connectivity index (χ4n) is 4.72. The molecule has 0 radical (unpaired) electrons. The van der Waals surface area contributed by atoms with Gasteiger partial charge in [-0.15, -0.1) is 12.4 Å². The largest absolute Gasteiger partial charge is 0.378 e. The molecule has 39 heavy (non-hydrogen) atoms. The van der Waals surface area contributed by atoms with E-state index < -0.39 is 7.26 Å². The average molecular weight is 558 g/mol. The van der Waals surface area contributed by atoms with Crippen LogP contribution in [-0.2, 0) is 9.53 Å². The highest BCUT2D eigenvalue weighted by molar-refractivity contribution is 7.98. The van der Waals surface area contributed by atoms with Crippen molar-refractivity contribution in [3.8, 4) is 0 Å². The second-order valence-corrected chi connectivity index (χ2v) is 12.2. The van der Waals surface area contributed by atoms with Crippen LogP contribution in [0.3, 0.4) is 0 Å². The third-order valence-electron chi connectivity index (χ3n) is 6.63. The zero-order valence-electron chi connectivity index (χ0n) is 21.5. The summed E-state index contributed by atoms with van der Waals surface area (Å²) in [6.07, 6.45) is 0. The molecular formula is C32H31ClN2O3P+. The molecule has 0 aromatic heterocycles. The Morgan fingerprint density at radius 1 is 0.667 bits per heavy atom. The maximum absolute atomic E-state index is 14.0. The van der Waals surface area contributed by atoms with Gasteiger partial charge in [-0.3, -0.25) is 9.59 Å². The summed E-state index contributed by atoms with van der Waals surface area (Å²) in [4.78, 5) is 29.2. The monoisotopic (exact) mass is 557 g/mol. The van der Waals surface area contributed by atoms with Gasteiger partial charge in [0.1, 0.15) is 34.7 Å². The Hall–Kier alpha value is -3.76. The van der Waals surface area contributed by atoms with Crippen molar-refractivity contribution in [2.75, 3.05) is 26.3 Å². The van der Waals surface area contributed by atoms with E-state index in [0.717, 1.165) is 15.9 Å². The molecule has 7 heteroatoms. The summed E-state index contributed by atoms with van der Waals surface area (Å²) in [5, 5.41) is 6.30. The van der Waals surface area contributed by atoms with E-state index >= 15 is 0 Å². The van der Waals surface area contributed by atoms with Gasteiger partial charge >= 0.3 is 0 Å². The van der Waals surface area contributed by atoms with Gasteiger partial charge in [0.25, 0.3) is 11.8 Å². The van der Waals surface area contributed by atoms with E-state index in [2.05, 4.69) is 41.7 Å². The first-order chi connectivity index (χ1) is 18.7. The topological polar surface area (TPSA) is 58.6 Å². The van der Waals surface area contributed by atoms with E-state index in [0.29, 0.717) is 31.9 Å². The molecule has 0 atom stereocenters. The predicted octanol–water partition coefficient (Wildman–Crippen LogP) is 4.53. The van der Waals surface area contributed by atoms with Crippen LogP contribution in [0.2, 0.25) is 0 Å². The van der Waals surface area contributed by atoms with E-state index in [-0.39, 0.29) is 29.9 Å². The molecule has 0 spiro atoms. The summed E-state index contributed by atoms with van der Waals surface area (Å²) in [5.41, 5.74) is 0.780. The van der Waals surface area contributed by atoms with Crippen molar-refractivity contribution in [1.82, 2.24) is 10.2 Å². The SMILES string of the molecule is Cl.O=C(N/C(=C\[P+](c1ccccc1)(c1ccccc1)c1ccccc1)C(=O)N1CCOCC1)c1ccccc1. The van der Waals surface area contributed by atoms with Gasteiger partial charge < -0.3 is 15.0 Å². The minimum atomic E-state index is -2.52. The van der Waals surface area contributed by atoms with Gasteiger partial charge in [-0.05, 0) is 48.5 Å². The van der Waals surface area contributed by atoms with Gasteiger partial charge in [0.15, 0.2) is 0 Å². The highest BCUT2D eigenvalue weighted by atomic mass is 35.5. The third kappa shape index (κ3) is 6.29. The number of amides is 2. The molecule has 198 valence electrons. The number of rotatable bonds is 7. The Labute approximate surface area is 236 Å². The zero-order valence-corrected chi connectivity index (χ0v) is 23.2. The maximum atomic E-state index is 14.0. The number of carbonyl (C=O) groups is 2. The van der Waals surface area contributed by atoms with Crippen LogP contribution in [0.4, 0.5) is 0 Å². The van der Waals surface area contributed by atoms with E-state index in [1.807, 2.05) is 78.6 Å². The van der Waals surface area contributed by atoms with Crippen LogP contribution >= 0.6 is 19.7 Å². The third-order valence-corrected chi connectivity index (χ3v) is 10.6. The summed E-state index contributed by atoms with van der Waals surface area (Å²) < 4.78 is 5.50. The molecular weight excluding hydrogens is 527 g/mol. The second kappa shape index (κ2) is 13.3. The molecule has 2 amide bonds. The number of hydrogen-bond donors (Lipinski definition) is 1. The minimum Gasteiger partial charge on any atom is -0.378 e. The molecule has 0 unspecified atom stereocenters. The lowest BCUT2D eigenvalue weighted by Crippen LogP contribution is -2.45. The zero-order chi connectivity index (χ0) is 26.2. The molecule has 5 rings (SSSR count). The van der Waals surface area contributed by atoms with Gasteiger partial charge in [-0.1, -0.05) is 72.8 Å². The number of benzene rings is 4. The number of halogens is 1. The number of nitrogens with zero attached hydrogens (tertiary/aromatic N) is 1. The Morgan fingerprint density at radius 2 is 1.08 bits per heavy atom. The Kier molecular flexibility index (Phi) is 9.67. The molecule has 1 N–H and O–H groups in total. The number of nitrogens with one attached hydrogen (secondary N) is 1. The Morgan fingerprint density at radius 3 is 1.51 bits per heavy atom. The summed E-state index contributed by atoms with van der Waals surface area (Å²) in [7, 11) is -2.52. The fourth-order valence-corrected chi connectivity index (χ4v) is 8.55. The van der Waals surface area contributed by atoms with Gasteiger partial charge in [-0.25, -0.2) is 0 Å². The highest BCUT2D eigenvalue weighted by Gasteiger charge is 2.45. The van der Waals surface area contributed by atoms with Gasteiger partial charge in [0.2, 0.25) is 0 Å². The number of carbonyl (C=O) groups excluding carboxylic acids is 2. The molecule has 1 aliphatic heterocycles. The van der Waals surface area contributed by atoms with Crippen molar-refractivity contribution >= 4 is 47.4 Å². The van der Waals surface area contributed by atoms with Crippen LogP contribution in [0.25, 0.3) is 0 Å². The average Bonchev–Trinajstić information content (AvgIpc) is 3.01. The number of hydrogen-bond acceptors (Lipinski definition) is 3. The van der Waals surface area contributed by atoms with Crippen LogP contribution < -0.4 is 21.2 Å². The summed E-state index contributed by atoms with van der Waals surface area (Å²) in [5.74, 6) is 1.52. The van der Waals surface area contributed by atoms with Gasteiger partial charge in [0.05, 0.1) is 13.2 Å². The highest BCUT2D eigenvalue weighted by Crippen LogP contribution is 2.57. The standard InChI is InChI=1S/C32H29N2O3P.ClH/c35-31(26-13-5-1-6-14-26)33-30(32(36)34-21-23-37-24-22-34)25-38(27-15-7-2-8-16-27,28-17-9-3-10-18-28)29-19-11-4-12-20-29;/h1-20,25H,21-24H2;1H/p+1/b30-25-;. The molecule has 1 aliphatic rings. The Balaban J connectivity index is 0.00000353. The van der Waals surface area contributed by atoms with E-state index in [4.69, 9.17) is 4.74 Å². The number of morpholine rings is 1. The molecule has 1 heterocycles. The lowest BCUT2D eigenvalue weighted by molar-refractivity contribution is -0.131. The molecule has 1 saturated heterocycles. The molecule has 0 bridgehead atoms. The van der Waals surface area contributed by atoms with Gasteiger partial charge in [-0.2, -0.15) is 0 Å². The van der Waals surface area contributed by atoms with Crippen molar-refractivity contribution in [2.45, 2.75) is 0 Å². The van der Waals surface area contributed by atoms with E-state index in [9.17, 15) is 9.59 Å². The molecule has 5 nitrogen and oxygen atoms in total. The van der Waals surface area contributed by atoms with E-state index in [1.165, 1.54) is 0 Å². The molecule has 4 aromatic rings. The van der Waals surface area contributed by atoms with Crippen LogP contribution in [0.15, 0.2) is 133 Å². The molecule has 4 aromatic carbocycles. The fraction of sp³-hybridized carbons (Fsp3) is 0.125. The lowest BCUT2D eigenvalue weighted by Gasteiger charge is -2.29. The number of ether oxygens (including phenoxy) is 1. The summed E-state index contributed by atoms with van der Waals surface area (Å²) in [6.45, 7) is 1.90. The summed E-state index contributed by atoms with van der Waals surface area (Å²) >= 11 is 0. The molecule has 1 fully saturated rings. The van der Waals surface area contributed by atoms with Crippen LogP contribution in [-0.4, -0.2) is 43.0 Å². The van der Waals surface area contributed by atoms with Crippen molar-refractivity contribution < 1.29 is 14.3 Å². The van der Waals surface area contributed by atoms with Crippen molar-refractivity contribution in [1.29, 1.82) is 0 Å². The first-order valence-corrected chi connectivity index (χ1v) is 14.6. The molecule has 0 saturated carbocycles. The first kappa shape index (κ1) is 28.3. The normalized spacial score (nSPS) is 13.7. The quantitative estimate of drug-likeness (QED) is 0.268. The van der Waals surface area contributed by atoms with Crippen LogP contribution in [0.1, 0.15) is 10.4 Å². The van der Waals surface area contributed by atoms with Crippen molar-refractivity contribution in [2.24, 2.45) is 0 Å². The first-order valence-electron chi connectivity index (χ1n) is 12.7. The summed E-state index contributed by atoms with van der Waals surface area (Å²) in [6, 6.07) is 39.8.